The van der Waals surface area contributed by atoms with E-state index < -0.39 is 11.0 Å². The van der Waals surface area contributed by atoms with Crippen molar-refractivity contribution in [3.63, 3.8) is 0 Å². The van der Waals surface area contributed by atoms with Crippen molar-refractivity contribution < 1.29 is 13.7 Å². The van der Waals surface area contributed by atoms with Gasteiger partial charge in [0.05, 0.1) is 4.75 Å². The van der Waals surface area contributed by atoms with Gasteiger partial charge in [-0.1, -0.05) is 30.3 Å². The molecule has 1 fully saturated rings. The molecule has 0 bridgehead atoms. The second-order valence-electron chi connectivity index (χ2n) is 6.74. The smallest absolute Gasteiger partial charge is 0.410 e. The number of amides is 1. The predicted octanol–water partition coefficient (Wildman–Crippen LogP) is 3.18. The molecule has 0 aliphatic carbocycles. The highest BCUT2D eigenvalue weighted by molar-refractivity contribution is 7.85. The van der Waals surface area contributed by atoms with Crippen LogP contribution in [0.2, 0.25) is 0 Å². The van der Waals surface area contributed by atoms with Gasteiger partial charge in [-0.3, -0.25) is 0 Å². The molecule has 126 valence electrons. The SMILES string of the molecule is CC(=NS(=O)C(C)(C)C)C1CN(C(=O)OCc2ccccc2)C1. The lowest BCUT2D eigenvalue weighted by Crippen LogP contribution is -2.52. The summed E-state index contributed by atoms with van der Waals surface area (Å²) in [6.07, 6.45) is -0.310. The number of ether oxygens (including phenoxy) is 1. The number of nitrogens with zero attached hydrogens (tertiary/aromatic N) is 2. The molecule has 2 rings (SSSR count). The highest BCUT2D eigenvalue weighted by Crippen LogP contribution is 2.21. The first-order valence-corrected chi connectivity index (χ1v) is 8.81. The molecule has 1 unspecified atom stereocenters. The van der Waals surface area contributed by atoms with Gasteiger partial charge >= 0.3 is 6.09 Å². The molecule has 0 N–H and O–H groups in total. The van der Waals surface area contributed by atoms with Gasteiger partial charge in [-0.2, -0.15) is 4.40 Å². The number of carbonyl (C=O) groups excluding carboxylic acids is 1. The van der Waals surface area contributed by atoms with Crippen molar-refractivity contribution in [1.82, 2.24) is 4.90 Å². The van der Waals surface area contributed by atoms with Crippen molar-refractivity contribution in [3.05, 3.63) is 35.9 Å². The zero-order valence-electron chi connectivity index (χ0n) is 14.1. The molecule has 1 amide bonds. The Balaban J connectivity index is 1.78. The predicted molar refractivity (Wildman–Crippen MR) is 92.7 cm³/mol. The number of carbonyl (C=O) groups is 1. The van der Waals surface area contributed by atoms with Gasteiger partial charge < -0.3 is 9.64 Å². The average molecular weight is 336 g/mol. The van der Waals surface area contributed by atoms with E-state index in [1.165, 1.54) is 0 Å². The second kappa shape index (κ2) is 7.25. The molecule has 1 heterocycles. The van der Waals surface area contributed by atoms with Crippen LogP contribution in [0.1, 0.15) is 33.3 Å². The van der Waals surface area contributed by atoms with Gasteiger partial charge in [-0.25, -0.2) is 9.00 Å². The lowest BCUT2D eigenvalue weighted by molar-refractivity contribution is 0.0642. The Bertz CT molecular complexity index is 602. The van der Waals surface area contributed by atoms with Crippen LogP contribution in [-0.4, -0.2) is 38.8 Å². The third-order valence-corrected chi connectivity index (χ3v) is 5.19. The van der Waals surface area contributed by atoms with Crippen LogP contribution in [0.15, 0.2) is 34.7 Å². The van der Waals surface area contributed by atoms with Crippen LogP contribution < -0.4 is 0 Å². The van der Waals surface area contributed by atoms with Crippen LogP contribution in [0.25, 0.3) is 0 Å². The molecule has 1 aliphatic heterocycles. The van der Waals surface area contributed by atoms with Crippen molar-refractivity contribution in [2.45, 2.75) is 39.0 Å². The third-order valence-electron chi connectivity index (χ3n) is 3.69. The van der Waals surface area contributed by atoms with Crippen molar-refractivity contribution in [1.29, 1.82) is 0 Å². The summed E-state index contributed by atoms with van der Waals surface area (Å²) < 4.78 is 21.2. The zero-order valence-corrected chi connectivity index (χ0v) is 14.9. The Morgan fingerprint density at radius 2 is 1.91 bits per heavy atom. The van der Waals surface area contributed by atoms with Crippen LogP contribution in [0.3, 0.4) is 0 Å². The summed E-state index contributed by atoms with van der Waals surface area (Å²) in [6.45, 7) is 8.99. The van der Waals surface area contributed by atoms with E-state index in [4.69, 9.17) is 4.74 Å². The van der Waals surface area contributed by atoms with Crippen LogP contribution in [0.4, 0.5) is 4.79 Å². The molecule has 0 radical (unpaired) electrons. The highest BCUT2D eigenvalue weighted by Gasteiger charge is 2.34. The normalized spacial score (nSPS) is 17.6. The van der Waals surface area contributed by atoms with Crippen LogP contribution in [-0.2, 0) is 22.3 Å². The van der Waals surface area contributed by atoms with E-state index in [0.29, 0.717) is 13.1 Å². The summed E-state index contributed by atoms with van der Waals surface area (Å²) in [5.41, 5.74) is 1.81. The fraction of sp³-hybridized carbons (Fsp3) is 0.529. The fourth-order valence-electron chi connectivity index (χ4n) is 2.04. The minimum absolute atomic E-state index is 0.172. The standard InChI is InChI=1S/C17H24N2O3S/c1-13(18-23(21)17(2,3)4)15-10-19(11-15)16(20)22-12-14-8-6-5-7-9-14/h5-9,15H,10-12H2,1-4H3. The first-order chi connectivity index (χ1) is 10.8. The topological polar surface area (TPSA) is 59.0 Å². The summed E-state index contributed by atoms with van der Waals surface area (Å²) in [7, 11) is -1.25. The molecular formula is C17H24N2O3S. The summed E-state index contributed by atoms with van der Waals surface area (Å²) in [5.74, 6) is 0.172. The molecular weight excluding hydrogens is 312 g/mol. The van der Waals surface area contributed by atoms with Gasteiger partial charge in [0.1, 0.15) is 17.6 Å². The molecule has 6 heteroatoms. The largest absolute Gasteiger partial charge is 0.445 e. The van der Waals surface area contributed by atoms with E-state index in [9.17, 15) is 9.00 Å². The van der Waals surface area contributed by atoms with Gasteiger partial charge in [-0.05, 0) is 33.3 Å². The van der Waals surface area contributed by atoms with Crippen LogP contribution in [0, 0.1) is 5.92 Å². The molecule has 1 atom stereocenters. The van der Waals surface area contributed by atoms with Gasteiger partial charge in [-0.15, -0.1) is 0 Å². The summed E-state index contributed by atoms with van der Waals surface area (Å²) in [5, 5.41) is 0. The molecule has 1 saturated heterocycles. The second-order valence-corrected chi connectivity index (χ2v) is 8.64. The van der Waals surface area contributed by atoms with E-state index in [2.05, 4.69) is 4.40 Å². The Morgan fingerprint density at radius 3 is 2.48 bits per heavy atom. The maximum Gasteiger partial charge on any atom is 0.410 e. The Kier molecular flexibility index (Phi) is 5.57. The average Bonchev–Trinajstić information content (AvgIpc) is 2.43. The molecule has 1 aliphatic rings. The molecule has 1 aromatic carbocycles. The van der Waals surface area contributed by atoms with Gasteiger partial charge in [0, 0.05) is 24.7 Å². The monoisotopic (exact) mass is 336 g/mol. The lowest BCUT2D eigenvalue weighted by atomic mass is 9.96. The van der Waals surface area contributed by atoms with E-state index in [-0.39, 0.29) is 23.4 Å². The first-order valence-electron chi connectivity index (χ1n) is 7.70. The Hall–Kier alpha value is -1.69. The number of hydrogen-bond donors (Lipinski definition) is 0. The minimum Gasteiger partial charge on any atom is -0.445 e. The van der Waals surface area contributed by atoms with E-state index in [1.807, 2.05) is 58.0 Å². The van der Waals surface area contributed by atoms with Gasteiger partial charge in [0.15, 0.2) is 0 Å². The molecule has 0 aromatic heterocycles. The van der Waals surface area contributed by atoms with Crippen LogP contribution in [0.5, 0.6) is 0 Å². The van der Waals surface area contributed by atoms with Crippen molar-refractivity contribution >= 4 is 22.8 Å². The van der Waals surface area contributed by atoms with Crippen molar-refractivity contribution in [2.24, 2.45) is 10.3 Å². The highest BCUT2D eigenvalue weighted by atomic mass is 32.2. The third kappa shape index (κ3) is 4.89. The fourth-order valence-corrected chi connectivity index (χ4v) is 2.73. The molecule has 0 saturated carbocycles. The maximum absolute atomic E-state index is 12.0. The molecule has 1 aromatic rings. The molecule has 0 spiro atoms. The lowest BCUT2D eigenvalue weighted by Gasteiger charge is -2.38. The minimum atomic E-state index is -1.25. The van der Waals surface area contributed by atoms with Gasteiger partial charge in [0.25, 0.3) is 0 Å². The van der Waals surface area contributed by atoms with Crippen molar-refractivity contribution in [2.75, 3.05) is 13.1 Å². The van der Waals surface area contributed by atoms with Crippen molar-refractivity contribution in [3.8, 4) is 0 Å². The van der Waals surface area contributed by atoms with Gasteiger partial charge in [0.2, 0.25) is 0 Å². The number of benzene rings is 1. The zero-order chi connectivity index (χ0) is 17.0. The quantitative estimate of drug-likeness (QED) is 0.794. The first kappa shape index (κ1) is 17.7. The van der Waals surface area contributed by atoms with E-state index in [0.717, 1.165) is 11.3 Å². The van der Waals surface area contributed by atoms with Crippen LogP contribution >= 0.6 is 0 Å². The Morgan fingerprint density at radius 1 is 1.30 bits per heavy atom. The maximum atomic E-state index is 12.0. The van der Waals surface area contributed by atoms with E-state index in [1.54, 1.807) is 4.90 Å². The molecule has 23 heavy (non-hydrogen) atoms. The number of rotatable bonds is 4. The van der Waals surface area contributed by atoms with E-state index >= 15 is 0 Å². The number of hydrogen-bond acceptors (Lipinski definition) is 3. The summed E-state index contributed by atoms with van der Waals surface area (Å²) in [6, 6.07) is 9.60. The molecule has 5 nitrogen and oxygen atoms in total. The summed E-state index contributed by atoms with van der Waals surface area (Å²) in [4.78, 5) is 13.6. The number of likely N-dealkylation sites (tertiary alicyclic amines) is 1. The Labute approximate surface area is 140 Å². The summed E-state index contributed by atoms with van der Waals surface area (Å²) >= 11 is 0.